The second-order valence-corrected chi connectivity index (χ2v) is 5.60. The van der Waals surface area contributed by atoms with Crippen LogP contribution in [0.15, 0.2) is 16.7 Å². The van der Waals surface area contributed by atoms with Crippen molar-refractivity contribution in [3.05, 3.63) is 23.7 Å². The molecule has 1 aliphatic carbocycles. The highest BCUT2D eigenvalue weighted by Crippen LogP contribution is 2.21. The van der Waals surface area contributed by atoms with Gasteiger partial charge in [-0.1, -0.05) is 0 Å². The van der Waals surface area contributed by atoms with Crippen molar-refractivity contribution in [3.63, 3.8) is 0 Å². The Morgan fingerprint density at radius 1 is 1.28 bits per heavy atom. The summed E-state index contributed by atoms with van der Waals surface area (Å²) in [6.45, 7) is 6.60. The molecule has 18 heavy (non-hydrogen) atoms. The average Bonchev–Trinajstić information content (AvgIpc) is 3.11. The highest BCUT2D eigenvalue weighted by Gasteiger charge is 2.22. The fraction of sp³-hybridized carbons (Fsp3) is 0.714. The van der Waals surface area contributed by atoms with E-state index >= 15 is 0 Å². The van der Waals surface area contributed by atoms with Crippen molar-refractivity contribution in [1.29, 1.82) is 0 Å². The quantitative estimate of drug-likeness (QED) is 0.852. The molecule has 100 valence electrons. The Hall–Kier alpha value is -0.840. The molecule has 2 aliphatic rings. The Labute approximate surface area is 109 Å². The first-order chi connectivity index (χ1) is 8.81. The van der Waals surface area contributed by atoms with Crippen LogP contribution in [0.4, 0.5) is 0 Å². The molecule has 1 aromatic heterocycles. The zero-order valence-corrected chi connectivity index (χ0v) is 11.2. The number of nitrogens with one attached hydrogen (secondary N) is 1. The fourth-order valence-electron chi connectivity index (χ4n) is 2.43. The third-order valence-electron chi connectivity index (χ3n) is 3.96. The Morgan fingerprint density at radius 2 is 2.06 bits per heavy atom. The molecule has 0 unspecified atom stereocenters. The van der Waals surface area contributed by atoms with Gasteiger partial charge in [-0.05, 0) is 26.0 Å². The Balaban J connectivity index is 1.53. The number of hydrogen-bond donors (Lipinski definition) is 1. The lowest BCUT2D eigenvalue weighted by atomic mass is 10.2. The summed E-state index contributed by atoms with van der Waals surface area (Å²) in [6, 6.07) is 2.87. The number of furan rings is 1. The van der Waals surface area contributed by atoms with Crippen molar-refractivity contribution < 1.29 is 4.42 Å². The van der Waals surface area contributed by atoms with E-state index in [0.29, 0.717) is 0 Å². The van der Waals surface area contributed by atoms with Crippen molar-refractivity contribution >= 4 is 0 Å². The molecule has 0 amide bonds. The van der Waals surface area contributed by atoms with Gasteiger partial charge < -0.3 is 14.6 Å². The summed E-state index contributed by atoms with van der Waals surface area (Å²) in [6.07, 6.45) is 4.48. The molecule has 4 nitrogen and oxygen atoms in total. The summed E-state index contributed by atoms with van der Waals surface area (Å²) in [5, 5.41) is 3.52. The van der Waals surface area contributed by atoms with Gasteiger partial charge in [-0.25, -0.2) is 0 Å². The predicted molar refractivity (Wildman–Crippen MR) is 71.3 cm³/mol. The smallest absolute Gasteiger partial charge is 0.122 e. The maximum absolute atomic E-state index is 5.61. The first-order valence-electron chi connectivity index (χ1n) is 7.01. The van der Waals surface area contributed by atoms with E-state index in [2.05, 4.69) is 28.2 Å². The molecule has 1 aromatic rings. The standard InChI is InChI=1S/C14H23N3O/c1-16-5-7-17(8-6-16)11-12-4-9-18-14(12)10-15-13-2-3-13/h4,9,13,15H,2-3,5-8,10-11H2,1H3. The molecule has 1 saturated heterocycles. The molecule has 0 atom stereocenters. The van der Waals surface area contributed by atoms with Crippen molar-refractivity contribution in [1.82, 2.24) is 15.1 Å². The summed E-state index contributed by atoms with van der Waals surface area (Å²) < 4.78 is 5.61. The minimum Gasteiger partial charge on any atom is -0.468 e. The largest absolute Gasteiger partial charge is 0.468 e. The lowest BCUT2D eigenvalue weighted by Gasteiger charge is -2.32. The average molecular weight is 249 g/mol. The first kappa shape index (κ1) is 12.2. The molecule has 1 aliphatic heterocycles. The number of hydrogen-bond acceptors (Lipinski definition) is 4. The van der Waals surface area contributed by atoms with Gasteiger partial charge in [0.2, 0.25) is 0 Å². The minimum absolute atomic E-state index is 0.742. The van der Waals surface area contributed by atoms with Crippen LogP contribution in [0.2, 0.25) is 0 Å². The molecule has 2 fully saturated rings. The van der Waals surface area contributed by atoms with Crippen LogP contribution in [0.25, 0.3) is 0 Å². The Morgan fingerprint density at radius 3 is 2.78 bits per heavy atom. The Kier molecular flexibility index (Phi) is 3.68. The van der Waals surface area contributed by atoms with Gasteiger partial charge in [0.25, 0.3) is 0 Å². The van der Waals surface area contributed by atoms with Gasteiger partial charge in [0.05, 0.1) is 12.8 Å². The van der Waals surface area contributed by atoms with Crippen LogP contribution in [0.1, 0.15) is 24.2 Å². The van der Waals surface area contributed by atoms with E-state index in [1.54, 1.807) is 0 Å². The van der Waals surface area contributed by atoms with Crippen molar-refractivity contribution in [2.24, 2.45) is 0 Å². The van der Waals surface area contributed by atoms with Gasteiger partial charge in [0.1, 0.15) is 5.76 Å². The van der Waals surface area contributed by atoms with Crippen LogP contribution in [-0.2, 0) is 13.1 Å². The maximum atomic E-state index is 5.61. The van der Waals surface area contributed by atoms with E-state index in [9.17, 15) is 0 Å². The van der Waals surface area contributed by atoms with Crippen molar-refractivity contribution in [3.8, 4) is 0 Å². The zero-order chi connectivity index (χ0) is 12.4. The normalized spacial score (nSPS) is 22.5. The molecular weight excluding hydrogens is 226 g/mol. The number of rotatable bonds is 5. The molecule has 2 heterocycles. The third-order valence-corrected chi connectivity index (χ3v) is 3.96. The SMILES string of the molecule is CN1CCN(Cc2ccoc2CNC2CC2)CC1. The van der Waals surface area contributed by atoms with Crippen LogP contribution in [0, 0.1) is 0 Å². The van der Waals surface area contributed by atoms with E-state index in [1.807, 2.05) is 6.26 Å². The topological polar surface area (TPSA) is 31.6 Å². The highest BCUT2D eigenvalue weighted by molar-refractivity contribution is 5.17. The maximum Gasteiger partial charge on any atom is 0.122 e. The first-order valence-corrected chi connectivity index (χ1v) is 7.01. The van der Waals surface area contributed by atoms with Crippen LogP contribution < -0.4 is 5.32 Å². The number of piperazine rings is 1. The molecule has 1 N–H and O–H groups in total. The molecule has 0 bridgehead atoms. The van der Waals surface area contributed by atoms with Crippen LogP contribution in [0.5, 0.6) is 0 Å². The summed E-state index contributed by atoms with van der Waals surface area (Å²) in [5.41, 5.74) is 1.35. The fourth-order valence-corrected chi connectivity index (χ4v) is 2.43. The van der Waals surface area contributed by atoms with Crippen LogP contribution in [0.3, 0.4) is 0 Å². The second-order valence-electron chi connectivity index (χ2n) is 5.60. The van der Waals surface area contributed by atoms with Gasteiger partial charge in [-0.3, -0.25) is 4.90 Å². The summed E-state index contributed by atoms with van der Waals surface area (Å²) >= 11 is 0. The van der Waals surface area contributed by atoms with Crippen molar-refractivity contribution in [2.75, 3.05) is 33.2 Å². The molecule has 0 radical (unpaired) electrons. The second kappa shape index (κ2) is 5.43. The molecule has 3 rings (SSSR count). The molecule has 0 spiro atoms. The zero-order valence-electron chi connectivity index (χ0n) is 11.2. The predicted octanol–water partition coefficient (Wildman–Crippen LogP) is 1.28. The van der Waals surface area contributed by atoms with Gasteiger partial charge in [-0.2, -0.15) is 0 Å². The summed E-state index contributed by atoms with van der Waals surface area (Å²) in [7, 11) is 2.19. The van der Waals surface area contributed by atoms with Crippen molar-refractivity contribution in [2.45, 2.75) is 32.0 Å². The summed E-state index contributed by atoms with van der Waals surface area (Å²) in [5.74, 6) is 1.13. The third kappa shape index (κ3) is 3.13. The molecule has 0 aromatic carbocycles. The highest BCUT2D eigenvalue weighted by atomic mass is 16.3. The lowest BCUT2D eigenvalue weighted by Crippen LogP contribution is -2.43. The van der Waals surface area contributed by atoms with E-state index in [1.165, 1.54) is 31.5 Å². The molecule has 4 heteroatoms. The van der Waals surface area contributed by atoms with E-state index in [4.69, 9.17) is 4.42 Å². The van der Waals surface area contributed by atoms with Gasteiger partial charge in [-0.15, -0.1) is 0 Å². The minimum atomic E-state index is 0.742. The van der Waals surface area contributed by atoms with Gasteiger partial charge in [0.15, 0.2) is 0 Å². The van der Waals surface area contributed by atoms with E-state index in [-0.39, 0.29) is 0 Å². The van der Waals surface area contributed by atoms with E-state index < -0.39 is 0 Å². The van der Waals surface area contributed by atoms with Crippen LogP contribution in [-0.4, -0.2) is 49.1 Å². The Bertz CT molecular complexity index is 378. The van der Waals surface area contributed by atoms with Gasteiger partial charge >= 0.3 is 0 Å². The van der Waals surface area contributed by atoms with Crippen LogP contribution >= 0.6 is 0 Å². The van der Waals surface area contributed by atoms with Gasteiger partial charge in [0, 0.05) is 44.3 Å². The number of likely N-dealkylation sites (N-methyl/N-ethyl adjacent to an activating group) is 1. The van der Waals surface area contributed by atoms with E-state index in [0.717, 1.165) is 38.0 Å². The molecular formula is C14H23N3O. The molecule has 1 saturated carbocycles. The lowest BCUT2D eigenvalue weighted by molar-refractivity contribution is 0.147. The number of nitrogens with zero attached hydrogens (tertiary/aromatic N) is 2. The summed E-state index contributed by atoms with van der Waals surface area (Å²) in [4.78, 5) is 4.91. The monoisotopic (exact) mass is 249 g/mol.